The fourth-order valence-corrected chi connectivity index (χ4v) is 2.51. The summed E-state index contributed by atoms with van der Waals surface area (Å²) in [5.41, 5.74) is 5.53. The Morgan fingerprint density at radius 2 is 2.22 bits per heavy atom. The molecule has 5 nitrogen and oxygen atoms in total. The molecule has 0 spiro atoms. The van der Waals surface area contributed by atoms with Gasteiger partial charge in [0.1, 0.15) is 0 Å². The molecule has 1 aliphatic rings. The summed E-state index contributed by atoms with van der Waals surface area (Å²) in [4.78, 5) is 12.2. The molecule has 1 aliphatic carbocycles. The molecule has 2 rings (SSSR count). The van der Waals surface area contributed by atoms with E-state index in [-0.39, 0.29) is 11.9 Å². The standard InChI is InChI=1S/C13H22N4O/c1-11(10-17-9-5-8-15-17)16-12(18)13(14)6-3-2-4-7-13/h5,8-9,11H,2-4,6-7,10,14H2,1H3,(H,16,18). The highest BCUT2D eigenvalue weighted by Gasteiger charge is 2.35. The molecule has 18 heavy (non-hydrogen) atoms. The minimum atomic E-state index is -0.656. The van der Waals surface area contributed by atoms with Crippen LogP contribution in [0.2, 0.25) is 0 Å². The molecule has 1 aromatic rings. The third-order valence-corrected chi connectivity index (χ3v) is 3.60. The second-order valence-electron chi connectivity index (χ2n) is 5.32. The summed E-state index contributed by atoms with van der Waals surface area (Å²) < 4.78 is 1.81. The molecule has 1 aromatic heterocycles. The van der Waals surface area contributed by atoms with Crippen molar-refractivity contribution in [2.24, 2.45) is 5.73 Å². The number of carbonyl (C=O) groups excluding carboxylic acids is 1. The SMILES string of the molecule is CC(Cn1cccn1)NC(=O)C1(N)CCCCC1. The van der Waals surface area contributed by atoms with E-state index in [1.807, 2.05) is 23.9 Å². The van der Waals surface area contributed by atoms with Crippen LogP contribution in [0.1, 0.15) is 39.0 Å². The molecule has 0 radical (unpaired) electrons. The first-order chi connectivity index (χ1) is 8.60. The second kappa shape index (κ2) is 5.52. The highest BCUT2D eigenvalue weighted by molar-refractivity contribution is 5.86. The van der Waals surface area contributed by atoms with Crippen molar-refractivity contribution in [2.75, 3.05) is 0 Å². The predicted molar refractivity (Wildman–Crippen MR) is 69.8 cm³/mol. The topological polar surface area (TPSA) is 72.9 Å². The van der Waals surface area contributed by atoms with E-state index < -0.39 is 5.54 Å². The van der Waals surface area contributed by atoms with Gasteiger partial charge in [0.25, 0.3) is 0 Å². The zero-order chi connectivity index (χ0) is 13.0. The summed E-state index contributed by atoms with van der Waals surface area (Å²) in [6.45, 7) is 2.65. The molecule has 1 unspecified atom stereocenters. The molecule has 0 aromatic carbocycles. The largest absolute Gasteiger partial charge is 0.350 e. The molecule has 3 N–H and O–H groups in total. The van der Waals surface area contributed by atoms with Crippen LogP contribution in [-0.4, -0.2) is 27.3 Å². The van der Waals surface area contributed by atoms with Gasteiger partial charge in [-0.25, -0.2) is 0 Å². The Kier molecular flexibility index (Phi) is 4.01. The summed E-state index contributed by atoms with van der Waals surface area (Å²) in [6.07, 6.45) is 8.52. The summed E-state index contributed by atoms with van der Waals surface area (Å²) in [6, 6.07) is 1.92. The fraction of sp³-hybridized carbons (Fsp3) is 0.692. The monoisotopic (exact) mass is 250 g/mol. The van der Waals surface area contributed by atoms with Crippen molar-refractivity contribution in [3.63, 3.8) is 0 Å². The third kappa shape index (κ3) is 3.10. The van der Waals surface area contributed by atoms with Crippen LogP contribution in [0, 0.1) is 0 Å². The van der Waals surface area contributed by atoms with Gasteiger partial charge in [0.2, 0.25) is 5.91 Å². The Bertz CT molecular complexity index is 382. The van der Waals surface area contributed by atoms with Gasteiger partial charge >= 0.3 is 0 Å². The second-order valence-corrected chi connectivity index (χ2v) is 5.32. The molecule has 1 saturated carbocycles. The number of rotatable bonds is 4. The molecule has 1 fully saturated rings. The van der Waals surface area contributed by atoms with Crippen molar-refractivity contribution in [1.29, 1.82) is 0 Å². The summed E-state index contributed by atoms with van der Waals surface area (Å²) in [5.74, 6) is -0.0122. The molecule has 1 atom stereocenters. The van der Waals surface area contributed by atoms with Gasteiger partial charge in [-0.2, -0.15) is 5.10 Å². The van der Waals surface area contributed by atoms with E-state index in [9.17, 15) is 4.79 Å². The summed E-state index contributed by atoms with van der Waals surface area (Å²) >= 11 is 0. The number of hydrogen-bond acceptors (Lipinski definition) is 3. The molecule has 0 bridgehead atoms. The number of nitrogens with zero attached hydrogens (tertiary/aromatic N) is 2. The average Bonchev–Trinajstić information content (AvgIpc) is 2.82. The predicted octanol–water partition coefficient (Wildman–Crippen LogP) is 1.05. The van der Waals surface area contributed by atoms with E-state index in [1.165, 1.54) is 6.42 Å². The number of hydrogen-bond donors (Lipinski definition) is 2. The van der Waals surface area contributed by atoms with Crippen LogP contribution in [0.3, 0.4) is 0 Å². The van der Waals surface area contributed by atoms with E-state index in [0.29, 0.717) is 6.54 Å². The minimum absolute atomic E-state index is 0.0122. The van der Waals surface area contributed by atoms with Crippen molar-refractivity contribution in [2.45, 2.75) is 57.2 Å². The maximum atomic E-state index is 12.2. The molecular formula is C13H22N4O. The van der Waals surface area contributed by atoms with E-state index in [0.717, 1.165) is 25.7 Å². The molecule has 5 heteroatoms. The van der Waals surface area contributed by atoms with Crippen molar-refractivity contribution >= 4 is 5.91 Å². The van der Waals surface area contributed by atoms with Crippen LogP contribution < -0.4 is 11.1 Å². The van der Waals surface area contributed by atoms with Crippen LogP contribution >= 0.6 is 0 Å². The smallest absolute Gasteiger partial charge is 0.240 e. The van der Waals surface area contributed by atoms with Gasteiger partial charge in [0.05, 0.1) is 12.1 Å². The zero-order valence-corrected chi connectivity index (χ0v) is 10.9. The van der Waals surface area contributed by atoms with E-state index in [1.54, 1.807) is 6.20 Å². The number of amides is 1. The van der Waals surface area contributed by atoms with Crippen LogP contribution in [0.4, 0.5) is 0 Å². The van der Waals surface area contributed by atoms with Gasteiger partial charge in [0.15, 0.2) is 0 Å². The zero-order valence-electron chi connectivity index (χ0n) is 10.9. The number of aromatic nitrogens is 2. The molecular weight excluding hydrogens is 228 g/mol. The van der Waals surface area contributed by atoms with Gasteiger partial charge in [-0.05, 0) is 25.8 Å². The fourth-order valence-electron chi connectivity index (χ4n) is 2.51. The van der Waals surface area contributed by atoms with Crippen molar-refractivity contribution in [3.05, 3.63) is 18.5 Å². The highest BCUT2D eigenvalue weighted by atomic mass is 16.2. The van der Waals surface area contributed by atoms with Crippen LogP contribution in [0.15, 0.2) is 18.5 Å². The Labute approximate surface area is 108 Å². The van der Waals surface area contributed by atoms with Gasteiger partial charge in [-0.3, -0.25) is 9.48 Å². The Balaban J connectivity index is 1.86. The Morgan fingerprint density at radius 1 is 1.50 bits per heavy atom. The first kappa shape index (κ1) is 13.1. The van der Waals surface area contributed by atoms with Crippen molar-refractivity contribution < 1.29 is 4.79 Å². The molecule has 0 saturated heterocycles. The normalized spacial score (nSPS) is 20.3. The van der Waals surface area contributed by atoms with Crippen LogP contribution in [0.25, 0.3) is 0 Å². The van der Waals surface area contributed by atoms with Crippen LogP contribution in [-0.2, 0) is 11.3 Å². The lowest BCUT2D eigenvalue weighted by atomic mass is 9.82. The molecule has 1 amide bonds. The van der Waals surface area contributed by atoms with Crippen molar-refractivity contribution in [1.82, 2.24) is 15.1 Å². The maximum Gasteiger partial charge on any atom is 0.240 e. The quantitative estimate of drug-likeness (QED) is 0.839. The van der Waals surface area contributed by atoms with Crippen molar-refractivity contribution in [3.8, 4) is 0 Å². The van der Waals surface area contributed by atoms with E-state index >= 15 is 0 Å². The highest BCUT2D eigenvalue weighted by Crippen LogP contribution is 2.26. The van der Waals surface area contributed by atoms with Crippen LogP contribution in [0.5, 0.6) is 0 Å². The number of nitrogens with one attached hydrogen (secondary N) is 1. The van der Waals surface area contributed by atoms with Gasteiger partial charge < -0.3 is 11.1 Å². The third-order valence-electron chi connectivity index (χ3n) is 3.60. The lowest BCUT2D eigenvalue weighted by Crippen LogP contribution is -2.57. The molecule has 1 heterocycles. The van der Waals surface area contributed by atoms with Gasteiger partial charge in [-0.1, -0.05) is 19.3 Å². The first-order valence-electron chi connectivity index (χ1n) is 6.67. The summed E-state index contributed by atoms with van der Waals surface area (Å²) in [7, 11) is 0. The average molecular weight is 250 g/mol. The van der Waals surface area contributed by atoms with E-state index in [2.05, 4.69) is 10.4 Å². The van der Waals surface area contributed by atoms with E-state index in [4.69, 9.17) is 5.73 Å². The lowest BCUT2D eigenvalue weighted by Gasteiger charge is -2.33. The number of carbonyl (C=O) groups is 1. The molecule has 100 valence electrons. The van der Waals surface area contributed by atoms with Gasteiger partial charge in [0, 0.05) is 18.4 Å². The lowest BCUT2D eigenvalue weighted by molar-refractivity contribution is -0.128. The van der Waals surface area contributed by atoms with Gasteiger partial charge in [-0.15, -0.1) is 0 Å². The minimum Gasteiger partial charge on any atom is -0.350 e. The Hall–Kier alpha value is -1.36. The summed E-state index contributed by atoms with van der Waals surface area (Å²) in [5, 5.41) is 7.13. The maximum absolute atomic E-state index is 12.2. The first-order valence-corrected chi connectivity index (χ1v) is 6.67. The Morgan fingerprint density at radius 3 is 2.83 bits per heavy atom. The molecule has 0 aliphatic heterocycles. The number of nitrogens with two attached hydrogens (primary N) is 1.